The van der Waals surface area contributed by atoms with Crippen LogP contribution in [0.3, 0.4) is 0 Å². The van der Waals surface area contributed by atoms with Crippen molar-refractivity contribution in [2.75, 3.05) is 11.1 Å². The van der Waals surface area contributed by atoms with E-state index in [0.29, 0.717) is 17.4 Å². The molecule has 1 amide bonds. The van der Waals surface area contributed by atoms with Crippen molar-refractivity contribution in [1.29, 1.82) is 0 Å². The highest BCUT2D eigenvalue weighted by molar-refractivity contribution is 8.00. The predicted molar refractivity (Wildman–Crippen MR) is 98.5 cm³/mol. The number of nitrogens with zero attached hydrogens (tertiary/aromatic N) is 2. The van der Waals surface area contributed by atoms with Crippen LogP contribution in [-0.4, -0.2) is 21.4 Å². The number of benzene rings is 2. The number of amides is 1. The fraction of sp³-hybridized carbons (Fsp3) is 0.111. The van der Waals surface area contributed by atoms with Crippen molar-refractivity contribution in [2.24, 2.45) is 0 Å². The van der Waals surface area contributed by atoms with Crippen molar-refractivity contribution in [1.82, 2.24) is 9.78 Å². The van der Waals surface area contributed by atoms with Crippen LogP contribution in [-0.2, 0) is 11.3 Å². The lowest BCUT2D eigenvalue weighted by Crippen LogP contribution is -2.17. The largest absolute Gasteiger partial charge is 0.310 e. The van der Waals surface area contributed by atoms with E-state index in [-0.39, 0.29) is 17.5 Å². The fourth-order valence-electron chi connectivity index (χ4n) is 2.21. The van der Waals surface area contributed by atoms with Crippen molar-refractivity contribution < 1.29 is 9.18 Å². The Labute approximate surface area is 154 Å². The summed E-state index contributed by atoms with van der Waals surface area (Å²) in [7, 11) is 0. The molecule has 128 valence electrons. The number of nitrogens with one attached hydrogen (secondary N) is 1. The van der Waals surface area contributed by atoms with Gasteiger partial charge in [0.1, 0.15) is 11.6 Å². The fourth-order valence-corrected chi connectivity index (χ4v) is 3.11. The van der Waals surface area contributed by atoms with Crippen molar-refractivity contribution in [2.45, 2.75) is 11.4 Å². The molecule has 0 spiro atoms. The standard InChI is InChI=1S/C18H15ClFN3OS/c19-16-4-2-1-3-13(16)11-23-17(9-10-21-23)22-18(24)12-25-15-7-5-14(20)6-8-15/h1-10H,11-12H2,(H,22,24). The third-order valence-electron chi connectivity index (χ3n) is 3.45. The zero-order valence-electron chi connectivity index (χ0n) is 13.2. The molecular weight excluding hydrogens is 361 g/mol. The maximum Gasteiger partial charge on any atom is 0.235 e. The number of hydrogen-bond acceptors (Lipinski definition) is 3. The minimum absolute atomic E-state index is 0.157. The van der Waals surface area contributed by atoms with Crippen molar-refractivity contribution in [3.05, 3.63) is 77.2 Å². The second-order valence-electron chi connectivity index (χ2n) is 5.26. The number of rotatable bonds is 6. The third kappa shape index (κ3) is 4.84. The minimum Gasteiger partial charge on any atom is -0.310 e. The molecule has 4 nitrogen and oxygen atoms in total. The molecule has 0 bridgehead atoms. The van der Waals surface area contributed by atoms with Crippen LogP contribution in [0.15, 0.2) is 65.7 Å². The van der Waals surface area contributed by atoms with Crippen LogP contribution in [0.4, 0.5) is 10.2 Å². The minimum atomic E-state index is -0.294. The van der Waals surface area contributed by atoms with Gasteiger partial charge in [-0.2, -0.15) is 5.10 Å². The molecule has 25 heavy (non-hydrogen) atoms. The van der Waals surface area contributed by atoms with Gasteiger partial charge >= 0.3 is 0 Å². The van der Waals surface area contributed by atoms with E-state index >= 15 is 0 Å². The summed E-state index contributed by atoms with van der Waals surface area (Å²) >= 11 is 7.51. The summed E-state index contributed by atoms with van der Waals surface area (Å²) in [5, 5.41) is 7.72. The average molecular weight is 376 g/mol. The van der Waals surface area contributed by atoms with E-state index in [1.54, 1.807) is 29.1 Å². The molecule has 0 aliphatic carbocycles. The zero-order chi connectivity index (χ0) is 17.6. The molecule has 0 aliphatic heterocycles. The smallest absolute Gasteiger partial charge is 0.235 e. The number of hydrogen-bond donors (Lipinski definition) is 1. The highest BCUT2D eigenvalue weighted by atomic mass is 35.5. The molecule has 0 atom stereocenters. The van der Waals surface area contributed by atoms with Gasteiger partial charge in [-0.15, -0.1) is 11.8 Å². The molecule has 0 unspecified atom stereocenters. The monoisotopic (exact) mass is 375 g/mol. The zero-order valence-corrected chi connectivity index (χ0v) is 14.7. The van der Waals surface area contributed by atoms with E-state index in [4.69, 9.17) is 11.6 Å². The van der Waals surface area contributed by atoms with Crippen LogP contribution in [0, 0.1) is 5.82 Å². The highest BCUT2D eigenvalue weighted by Crippen LogP contribution is 2.20. The summed E-state index contributed by atoms with van der Waals surface area (Å²) in [5.74, 6) is 0.375. The van der Waals surface area contributed by atoms with Crippen LogP contribution in [0.25, 0.3) is 0 Å². The molecule has 0 radical (unpaired) electrons. The number of aromatic nitrogens is 2. The van der Waals surface area contributed by atoms with E-state index in [9.17, 15) is 9.18 Å². The molecule has 0 aliphatic rings. The summed E-state index contributed by atoms with van der Waals surface area (Å²) in [6.45, 7) is 0.466. The normalized spacial score (nSPS) is 10.6. The molecule has 0 fully saturated rings. The van der Waals surface area contributed by atoms with Gasteiger partial charge in [0.15, 0.2) is 0 Å². The van der Waals surface area contributed by atoms with Gasteiger partial charge in [-0.25, -0.2) is 9.07 Å². The Morgan fingerprint density at radius 1 is 1.16 bits per heavy atom. The second-order valence-corrected chi connectivity index (χ2v) is 6.71. The maximum atomic E-state index is 12.9. The van der Waals surface area contributed by atoms with E-state index in [1.807, 2.05) is 24.3 Å². The number of thioether (sulfide) groups is 1. The first kappa shape index (κ1) is 17.5. The van der Waals surface area contributed by atoms with Gasteiger partial charge in [0, 0.05) is 16.0 Å². The van der Waals surface area contributed by atoms with Crippen LogP contribution in [0.1, 0.15) is 5.56 Å². The lowest BCUT2D eigenvalue weighted by Gasteiger charge is -2.10. The van der Waals surface area contributed by atoms with Crippen LogP contribution >= 0.6 is 23.4 Å². The second kappa shape index (κ2) is 8.18. The van der Waals surface area contributed by atoms with Gasteiger partial charge in [0.25, 0.3) is 0 Å². The van der Waals surface area contributed by atoms with Gasteiger partial charge in [-0.3, -0.25) is 4.79 Å². The van der Waals surface area contributed by atoms with E-state index in [1.165, 1.54) is 23.9 Å². The first-order valence-electron chi connectivity index (χ1n) is 7.55. The number of carbonyl (C=O) groups excluding carboxylic acids is 1. The topological polar surface area (TPSA) is 46.9 Å². The quantitative estimate of drug-likeness (QED) is 0.647. The molecule has 0 saturated heterocycles. The Hall–Kier alpha value is -2.31. The van der Waals surface area contributed by atoms with Crippen molar-refractivity contribution >= 4 is 35.1 Å². The average Bonchev–Trinajstić information content (AvgIpc) is 3.03. The van der Waals surface area contributed by atoms with Crippen LogP contribution in [0.5, 0.6) is 0 Å². The maximum absolute atomic E-state index is 12.9. The first-order chi connectivity index (χ1) is 12.1. The van der Waals surface area contributed by atoms with Gasteiger partial charge in [0.2, 0.25) is 5.91 Å². The molecule has 7 heteroatoms. The summed E-state index contributed by atoms with van der Waals surface area (Å²) in [4.78, 5) is 13.0. The molecule has 1 aromatic heterocycles. The number of carbonyl (C=O) groups is 1. The first-order valence-corrected chi connectivity index (χ1v) is 8.91. The molecule has 1 N–H and O–H groups in total. The molecular formula is C18H15ClFN3OS. The Morgan fingerprint density at radius 2 is 1.92 bits per heavy atom. The predicted octanol–water partition coefficient (Wildman–Crippen LogP) is 4.45. The van der Waals surface area contributed by atoms with Crippen molar-refractivity contribution in [3.8, 4) is 0 Å². The van der Waals surface area contributed by atoms with Gasteiger partial charge in [0.05, 0.1) is 18.5 Å². The summed E-state index contributed by atoms with van der Waals surface area (Å²) < 4.78 is 14.6. The molecule has 1 heterocycles. The van der Waals surface area contributed by atoms with Crippen molar-refractivity contribution in [3.63, 3.8) is 0 Å². The molecule has 3 aromatic rings. The Balaban J connectivity index is 1.60. The summed E-state index contributed by atoms with van der Waals surface area (Å²) in [6.07, 6.45) is 1.62. The number of anilines is 1. The Bertz CT molecular complexity index is 867. The lowest BCUT2D eigenvalue weighted by atomic mass is 10.2. The van der Waals surface area contributed by atoms with E-state index in [0.717, 1.165) is 10.5 Å². The Kier molecular flexibility index (Phi) is 5.73. The van der Waals surface area contributed by atoms with E-state index < -0.39 is 0 Å². The SMILES string of the molecule is O=C(CSc1ccc(F)cc1)Nc1ccnn1Cc1ccccc1Cl. The van der Waals surface area contributed by atoms with Gasteiger partial charge < -0.3 is 5.32 Å². The summed E-state index contributed by atoms with van der Waals surface area (Å²) in [5.41, 5.74) is 0.920. The van der Waals surface area contributed by atoms with Gasteiger partial charge in [-0.05, 0) is 35.9 Å². The third-order valence-corrected chi connectivity index (χ3v) is 4.83. The number of halogens is 2. The molecule has 0 saturated carbocycles. The Morgan fingerprint density at radius 3 is 2.68 bits per heavy atom. The summed E-state index contributed by atoms with van der Waals surface area (Å²) in [6, 6.07) is 15.3. The molecule has 2 aromatic carbocycles. The van der Waals surface area contributed by atoms with E-state index in [2.05, 4.69) is 10.4 Å². The van der Waals surface area contributed by atoms with Crippen LogP contribution < -0.4 is 5.32 Å². The van der Waals surface area contributed by atoms with Crippen LogP contribution in [0.2, 0.25) is 5.02 Å². The molecule has 3 rings (SSSR count). The lowest BCUT2D eigenvalue weighted by molar-refractivity contribution is -0.113. The van der Waals surface area contributed by atoms with Gasteiger partial charge in [-0.1, -0.05) is 29.8 Å². The highest BCUT2D eigenvalue weighted by Gasteiger charge is 2.10.